The Morgan fingerprint density at radius 3 is 2.81 bits per heavy atom. The number of hydrogen-bond donors (Lipinski definition) is 1. The van der Waals surface area contributed by atoms with Gasteiger partial charge in [-0.25, -0.2) is 4.79 Å². The van der Waals surface area contributed by atoms with Gasteiger partial charge in [0.25, 0.3) is 0 Å². The molecule has 0 bridgehead atoms. The van der Waals surface area contributed by atoms with Crippen LogP contribution in [-0.2, 0) is 7.05 Å². The topological polar surface area (TPSA) is 55.6 Å². The summed E-state index contributed by atoms with van der Waals surface area (Å²) >= 11 is 0. The zero-order valence-corrected chi connectivity index (χ0v) is 11.8. The van der Waals surface area contributed by atoms with Crippen LogP contribution >= 0.6 is 0 Å². The molecule has 0 aliphatic heterocycles. The molecule has 21 heavy (non-hydrogen) atoms. The van der Waals surface area contributed by atoms with Crippen LogP contribution in [0.25, 0.3) is 27.6 Å². The Morgan fingerprint density at radius 2 is 1.95 bits per heavy atom. The smallest absolute Gasteiger partial charge is 0.305 e. The van der Waals surface area contributed by atoms with Gasteiger partial charge in [0.1, 0.15) is 0 Å². The molecule has 2 aromatic heterocycles. The monoisotopic (exact) mass is 278 g/mol. The molecule has 0 unspecified atom stereocenters. The van der Waals surface area contributed by atoms with Gasteiger partial charge in [-0.2, -0.15) is 5.10 Å². The van der Waals surface area contributed by atoms with Crippen molar-refractivity contribution >= 4 is 21.9 Å². The van der Waals surface area contributed by atoms with E-state index in [1.807, 2.05) is 61.1 Å². The lowest BCUT2D eigenvalue weighted by molar-refractivity contribution is 0.751. The molecule has 4 aromatic rings. The second-order valence-electron chi connectivity index (χ2n) is 5.19. The average molecular weight is 278 g/mol. The summed E-state index contributed by atoms with van der Waals surface area (Å²) in [7, 11) is 1.92. The highest BCUT2D eigenvalue weighted by Gasteiger charge is 2.11. The van der Waals surface area contributed by atoms with Gasteiger partial charge >= 0.3 is 5.69 Å². The van der Waals surface area contributed by atoms with Crippen LogP contribution in [-0.4, -0.2) is 19.3 Å². The third kappa shape index (κ3) is 1.64. The molecular weight excluding hydrogens is 264 g/mol. The summed E-state index contributed by atoms with van der Waals surface area (Å²) in [6.45, 7) is 2.02. The summed E-state index contributed by atoms with van der Waals surface area (Å²) < 4.78 is 3.55. The van der Waals surface area contributed by atoms with Crippen LogP contribution in [0.2, 0.25) is 0 Å². The van der Waals surface area contributed by atoms with Crippen LogP contribution in [0.5, 0.6) is 0 Å². The fourth-order valence-corrected chi connectivity index (χ4v) is 2.76. The minimum atomic E-state index is -0.128. The number of aromatic amines is 1. The predicted octanol–water partition coefficient (Wildman–Crippen LogP) is 2.51. The van der Waals surface area contributed by atoms with E-state index in [4.69, 9.17) is 0 Å². The largest absolute Gasteiger partial charge is 0.331 e. The molecule has 104 valence electrons. The lowest BCUT2D eigenvalue weighted by atomic mass is 10.2. The fourth-order valence-electron chi connectivity index (χ4n) is 2.76. The van der Waals surface area contributed by atoms with Gasteiger partial charge in [-0.05, 0) is 37.3 Å². The molecule has 0 aliphatic rings. The lowest BCUT2D eigenvalue weighted by Gasteiger charge is -2.03. The van der Waals surface area contributed by atoms with Gasteiger partial charge in [0.05, 0.1) is 22.2 Å². The van der Waals surface area contributed by atoms with E-state index in [9.17, 15) is 4.79 Å². The van der Waals surface area contributed by atoms with Gasteiger partial charge in [0.2, 0.25) is 0 Å². The van der Waals surface area contributed by atoms with E-state index in [-0.39, 0.29) is 5.69 Å². The Labute approximate surface area is 120 Å². The van der Waals surface area contributed by atoms with Crippen molar-refractivity contribution < 1.29 is 0 Å². The van der Waals surface area contributed by atoms with Crippen LogP contribution in [0.1, 0.15) is 5.69 Å². The highest BCUT2D eigenvalue weighted by Crippen LogP contribution is 2.22. The molecule has 2 aromatic carbocycles. The number of fused-ring (bicyclic) bond motifs is 2. The number of hydrogen-bond acceptors (Lipinski definition) is 2. The van der Waals surface area contributed by atoms with Crippen molar-refractivity contribution in [1.82, 2.24) is 19.3 Å². The maximum atomic E-state index is 12.3. The van der Waals surface area contributed by atoms with E-state index >= 15 is 0 Å². The minimum absolute atomic E-state index is 0.128. The summed E-state index contributed by atoms with van der Waals surface area (Å²) in [6, 6.07) is 13.6. The van der Waals surface area contributed by atoms with Crippen molar-refractivity contribution in [2.45, 2.75) is 6.92 Å². The van der Waals surface area contributed by atoms with Gasteiger partial charge in [-0.3, -0.25) is 9.25 Å². The Balaban J connectivity index is 2.06. The third-order valence-corrected chi connectivity index (χ3v) is 3.96. The van der Waals surface area contributed by atoms with Crippen LogP contribution in [0.3, 0.4) is 0 Å². The summed E-state index contributed by atoms with van der Waals surface area (Å²) in [4.78, 5) is 15.1. The standard InChI is InChI=1S/C16H14N4O/c1-10-12-9-11(7-8-13(12)18-19(10)2)20-15-6-4-3-5-14(15)17-16(20)21/h3-9H,1-2H3,(H,17,21). The molecular formula is C16H14N4O. The minimum Gasteiger partial charge on any atom is -0.305 e. The second-order valence-corrected chi connectivity index (χ2v) is 5.19. The molecule has 0 fully saturated rings. The molecule has 0 aliphatic carbocycles. The molecule has 0 amide bonds. The summed E-state index contributed by atoms with van der Waals surface area (Å²) in [5.74, 6) is 0. The molecule has 2 heterocycles. The quantitative estimate of drug-likeness (QED) is 0.581. The number of benzene rings is 2. The second kappa shape index (κ2) is 4.09. The predicted molar refractivity (Wildman–Crippen MR) is 82.9 cm³/mol. The first-order valence-electron chi connectivity index (χ1n) is 6.78. The Bertz CT molecular complexity index is 1040. The maximum absolute atomic E-state index is 12.3. The van der Waals surface area contributed by atoms with Crippen molar-refractivity contribution in [3.8, 4) is 5.69 Å². The van der Waals surface area contributed by atoms with E-state index in [2.05, 4.69) is 10.1 Å². The van der Waals surface area contributed by atoms with E-state index in [0.29, 0.717) is 0 Å². The molecule has 5 heteroatoms. The number of para-hydroxylation sites is 2. The van der Waals surface area contributed by atoms with Gasteiger partial charge in [0.15, 0.2) is 0 Å². The maximum Gasteiger partial charge on any atom is 0.331 e. The Morgan fingerprint density at radius 1 is 1.14 bits per heavy atom. The van der Waals surface area contributed by atoms with Crippen molar-refractivity contribution in [2.75, 3.05) is 0 Å². The van der Waals surface area contributed by atoms with Crippen LogP contribution in [0, 0.1) is 6.92 Å². The number of H-pyrrole nitrogens is 1. The third-order valence-electron chi connectivity index (χ3n) is 3.96. The average Bonchev–Trinajstić information content (AvgIpc) is 2.96. The number of aryl methyl sites for hydroxylation is 2. The van der Waals surface area contributed by atoms with Crippen molar-refractivity contribution in [3.63, 3.8) is 0 Å². The van der Waals surface area contributed by atoms with E-state index in [1.54, 1.807) is 4.57 Å². The van der Waals surface area contributed by atoms with Gasteiger partial charge in [-0.15, -0.1) is 0 Å². The number of aromatic nitrogens is 4. The fraction of sp³-hybridized carbons (Fsp3) is 0.125. The number of nitrogens with zero attached hydrogens (tertiary/aromatic N) is 3. The van der Waals surface area contributed by atoms with Crippen molar-refractivity contribution in [1.29, 1.82) is 0 Å². The van der Waals surface area contributed by atoms with E-state index in [0.717, 1.165) is 33.3 Å². The highest BCUT2D eigenvalue weighted by molar-refractivity contribution is 5.85. The number of imidazole rings is 1. The Kier molecular flexibility index (Phi) is 2.33. The van der Waals surface area contributed by atoms with Crippen LogP contribution in [0.15, 0.2) is 47.3 Å². The summed E-state index contributed by atoms with van der Waals surface area (Å²) in [5.41, 5.74) is 4.46. The van der Waals surface area contributed by atoms with E-state index < -0.39 is 0 Å². The van der Waals surface area contributed by atoms with Crippen LogP contribution in [0.4, 0.5) is 0 Å². The molecule has 0 radical (unpaired) electrons. The molecule has 4 rings (SSSR count). The lowest BCUT2D eigenvalue weighted by Crippen LogP contribution is -2.14. The molecule has 0 saturated heterocycles. The molecule has 0 atom stereocenters. The first-order valence-corrected chi connectivity index (χ1v) is 6.78. The molecule has 1 N–H and O–H groups in total. The Hall–Kier alpha value is -2.82. The van der Waals surface area contributed by atoms with Crippen molar-refractivity contribution in [2.24, 2.45) is 7.05 Å². The normalized spacial score (nSPS) is 11.5. The van der Waals surface area contributed by atoms with Gasteiger partial charge in [-0.1, -0.05) is 12.1 Å². The van der Waals surface area contributed by atoms with Gasteiger partial charge in [0, 0.05) is 18.1 Å². The molecule has 0 saturated carbocycles. The van der Waals surface area contributed by atoms with Crippen molar-refractivity contribution in [3.05, 3.63) is 58.6 Å². The first-order chi connectivity index (χ1) is 10.1. The zero-order valence-electron chi connectivity index (χ0n) is 11.8. The highest BCUT2D eigenvalue weighted by atomic mass is 16.1. The van der Waals surface area contributed by atoms with E-state index in [1.165, 1.54) is 0 Å². The SMILES string of the molecule is Cc1c2cc(-n3c(=O)[nH]c4ccccc43)ccc2nn1C. The van der Waals surface area contributed by atoms with Gasteiger partial charge < -0.3 is 4.98 Å². The summed E-state index contributed by atoms with van der Waals surface area (Å²) in [5, 5.41) is 5.50. The molecule has 5 nitrogen and oxygen atoms in total. The summed E-state index contributed by atoms with van der Waals surface area (Å²) in [6.07, 6.45) is 0. The first kappa shape index (κ1) is 12.0. The van der Waals surface area contributed by atoms with Crippen LogP contribution < -0.4 is 5.69 Å². The number of nitrogens with one attached hydrogen (secondary N) is 1. The zero-order chi connectivity index (χ0) is 14.6. The number of rotatable bonds is 1. The molecule has 0 spiro atoms.